The number of benzene rings is 4. The van der Waals surface area contributed by atoms with Crippen molar-refractivity contribution in [2.45, 2.75) is 255 Å². The molecule has 0 bridgehead atoms. The topological polar surface area (TPSA) is 47.6 Å². The minimum absolute atomic E-state index is 1.07. The quantitative estimate of drug-likeness (QED) is 0.0304. The van der Waals surface area contributed by atoms with Crippen molar-refractivity contribution in [3.63, 3.8) is 0 Å². The van der Waals surface area contributed by atoms with E-state index in [4.69, 9.17) is 0 Å². The highest BCUT2D eigenvalue weighted by Gasteiger charge is 2.41. The van der Waals surface area contributed by atoms with Gasteiger partial charge in [-0.2, -0.15) is 32.8 Å². The minimum atomic E-state index is -2.16. The van der Waals surface area contributed by atoms with E-state index in [1.165, 1.54) is 206 Å². The van der Waals surface area contributed by atoms with Crippen LogP contribution in [-0.4, -0.2) is 73.6 Å². The number of nitrogens with zero attached hydrogens (tertiary/aromatic N) is 4. The molecule has 0 spiro atoms. The first-order valence-corrected chi connectivity index (χ1v) is 41.7. The summed E-state index contributed by atoms with van der Waals surface area (Å²) in [7, 11) is 0. The number of hydrogen-bond donors (Lipinski definition) is 0. The summed E-state index contributed by atoms with van der Waals surface area (Å²) in [6, 6.07) is 31.7. The van der Waals surface area contributed by atoms with E-state index in [0.717, 1.165) is 96.8 Å². The van der Waals surface area contributed by atoms with Gasteiger partial charge in [-0.1, -0.05) is 234 Å². The molecule has 4 aromatic heterocycles. The Balaban J connectivity index is 0.000000365. The molecule has 10 heteroatoms. The zero-order chi connectivity index (χ0) is 72.1. The molecule has 0 aliphatic carbocycles. The first kappa shape index (κ1) is 81.7. The Labute approximate surface area is 615 Å². The lowest BCUT2D eigenvalue weighted by atomic mass is 9.15. The van der Waals surface area contributed by atoms with Crippen LogP contribution in [-0.2, 0) is 0 Å². The molecule has 0 amide bonds. The van der Waals surface area contributed by atoms with Gasteiger partial charge in [0.2, 0.25) is 0 Å². The van der Waals surface area contributed by atoms with Crippen LogP contribution in [0.15, 0.2) is 84.9 Å². The summed E-state index contributed by atoms with van der Waals surface area (Å²) in [5.41, 5.74) is 20.5. The zero-order valence-corrected chi connectivity index (χ0v) is 68.9. The van der Waals surface area contributed by atoms with Crippen LogP contribution in [0.2, 0.25) is 0 Å². The molecule has 0 unspecified atom stereocenters. The van der Waals surface area contributed by atoms with Crippen molar-refractivity contribution >= 4 is 90.4 Å². The van der Waals surface area contributed by atoms with Gasteiger partial charge in [-0.25, -0.2) is 10.5 Å². The van der Waals surface area contributed by atoms with Gasteiger partial charge < -0.3 is 8.97 Å². The standard InChI is InChI=1S/C56H56B2N2S4.2C16H36N/c1-31-19-35(5)51(36(6)20-31)57(29-59,52-37(7)21-32(2)22-38(52)8)45-27-49(63-55(45)47-17-15-43(13)61-47)50-28-46(56(64-50)48-18-16-44(14)62-48)58(30-60,53-39(9)23-33(3)24-40(53)10)54-41(11)25-34(4)26-42(54)12;2*1-5-9-13-17(14-10-6-2,15-11-7-3)16-12-8-4/h15-28H,1-14H3;2*5-16H2,1-4H3/q-2;2*+1. The second kappa shape index (κ2) is 38.1. The van der Waals surface area contributed by atoms with Gasteiger partial charge in [0, 0.05) is 39.0 Å². The van der Waals surface area contributed by atoms with E-state index >= 15 is 0 Å². The summed E-state index contributed by atoms with van der Waals surface area (Å²) >= 11 is 7.20. The molecular formula is C88H128B2N4S4. The molecule has 0 aliphatic rings. The number of thiophene rings is 4. The minimum Gasteiger partial charge on any atom is -0.324 e. The summed E-state index contributed by atoms with van der Waals surface area (Å²) in [6.07, 6.45) is 17.8. The number of rotatable bonds is 33. The third kappa shape index (κ3) is 19.3. The first-order valence-electron chi connectivity index (χ1n) is 38.4. The van der Waals surface area contributed by atoms with E-state index in [-0.39, 0.29) is 0 Å². The highest BCUT2D eigenvalue weighted by Crippen LogP contribution is 2.44. The van der Waals surface area contributed by atoms with E-state index in [1.807, 2.05) is 0 Å². The summed E-state index contributed by atoms with van der Waals surface area (Å²) in [5.74, 6) is 6.29. The molecule has 0 radical (unpaired) electrons. The molecule has 4 aromatic carbocycles. The molecule has 0 atom stereocenters. The molecule has 0 N–H and O–H groups in total. The van der Waals surface area contributed by atoms with Crippen LogP contribution in [0.4, 0.5) is 0 Å². The van der Waals surface area contributed by atoms with Crippen molar-refractivity contribution in [1.29, 1.82) is 10.5 Å². The number of aryl methyl sites for hydroxylation is 14. The van der Waals surface area contributed by atoms with Crippen LogP contribution in [0.3, 0.4) is 0 Å². The summed E-state index contributed by atoms with van der Waals surface area (Å²) in [6.45, 7) is 60.5. The molecule has 8 rings (SSSR count). The number of quaternary nitrogens is 2. The Morgan fingerprint density at radius 1 is 0.286 bits per heavy atom. The Bertz CT molecular complexity index is 3410. The van der Waals surface area contributed by atoms with Crippen LogP contribution in [0.5, 0.6) is 0 Å². The smallest absolute Gasteiger partial charge is 0.185 e. The van der Waals surface area contributed by atoms with Crippen molar-refractivity contribution in [1.82, 2.24) is 0 Å². The van der Waals surface area contributed by atoms with Crippen molar-refractivity contribution < 1.29 is 8.97 Å². The van der Waals surface area contributed by atoms with E-state index in [9.17, 15) is 10.5 Å². The molecule has 4 nitrogen and oxygen atoms in total. The molecular weight excluding hydrogens is 1260 g/mol. The average molecular weight is 1390 g/mol. The van der Waals surface area contributed by atoms with Crippen LogP contribution < -0.4 is 32.8 Å². The van der Waals surface area contributed by atoms with Gasteiger partial charge in [0.05, 0.1) is 52.4 Å². The molecule has 0 fully saturated rings. The maximum Gasteiger partial charge on any atom is 0.185 e. The predicted molar refractivity (Wildman–Crippen MR) is 446 cm³/mol. The van der Waals surface area contributed by atoms with Gasteiger partial charge in [0.1, 0.15) is 0 Å². The van der Waals surface area contributed by atoms with E-state index < -0.39 is 12.3 Å². The predicted octanol–water partition coefficient (Wildman–Crippen LogP) is 22.3. The fourth-order valence-electron chi connectivity index (χ4n) is 17.3. The fraction of sp³-hybridized carbons (Fsp3) is 0.523. The van der Waals surface area contributed by atoms with Gasteiger partial charge in [-0.3, -0.25) is 0 Å². The second-order valence-corrected chi connectivity index (χ2v) is 34.8. The van der Waals surface area contributed by atoms with Crippen LogP contribution >= 0.6 is 45.3 Å². The maximum absolute atomic E-state index is 12.2. The van der Waals surface area contributed by atoms with Gasteiger partial charge in [-0.15, -0.1) is 57.3 Å². The van der Waals surface area contributed by atoms with Gasteiger partial charge in [0.25, 0.3) is 0 Å². The number of unbranched alkanes of at least 4 members (excludes halogenated alkanes) is 8. The fourth-order valence-corrected chi connectivity index (χ4v) is 21.9. The van der Waals surface area contributed by atoms with Gasteiger partial charge in [0.15, 0.2) is 12.3 Å². The molecule has 8 aromatic rings. The molecule has 0 aliphatic heterocycles. The van der Waals surface area contributed by atoms with Crippen molar-refractivity contribution in [3.8, 4) is 41.2 Å². The van der Waals surface area contributed by atoms with Crippen molar-refractivity contribution in [2.75, 3.05) is 52.4 Å². The first-order chi connectivity index (χ1) is 46.8. The van der Waals surface area contributed by atoms with Crippen LogP contribution in [0.25, 0.3) is 29.3 Å². The molecule has 4 heterocycles. The second-order valence-electron chi connectivity index (χ2n) is 30.2. The third-order valence-electron chi connectivity index (χ3n) is 21.6. The highest BCUT2D eigenvalue weighted by molar-refractivity contribution is 7.33. The lowest BCUT2D eigenvalue weighted by molar-refractivity contribution is -0.929. The Hall–Kier alpha value is -5.29. The normalized spacial score (nSPS) is 11.9. The monoisotopic (exact) mass is 1390 g/mol. The Morgan fingerprint density at radius 3 is 0.653 bits per heavy atom. The van der Waals surface area contributed by atoms with Crippen molar-refractivity contribution in [3.05, 3.63) is 161 Å². The van der Waals surface area contributed by atoms with Crippen molar-refractivity contribution in [2.24, 2.45) is 0 Å². The summed E-state index contributed by atoms with van der Waals surface area (Å²) in [5, 5.41) is 24.4. The average Bonchev–Trinajstić information content (AvgIpc) is 1.38. The SMILES string of the molecule is CCCC[N+](CCCC)(CCCC)CCCC.CCCC[N+](CCCC)(CCCC)CCCC.Cc1cc(C)c([B-](C#N)(c2cc(-c3cc([B-](C#N)(c4c(C)cc(C)cc4C)c4c(C)cc(C)cc4C)c(-c4ccc(C)s4)s3)sc2-c2ccc(C)s2)c2c(C)cc(C)cc2C)c(C)c1. The van der Waals surface area contributed by atoms with Gasteiger partial charge in [-0.05, 0) is 173 Å². The van der Waals surface area contributed by atoms with Gasteiger partial charge >= 0.3 is 0 Å². The molecule has 98 heavy (non-hydrogen) atoms. The maximum atomic E-state index is 12.2. The Kier molecular flexibility index (Phi) is 31.8. The largest absolute Gasteiger partial charge is 0.324 e. The van der Waals surface area contributed by atoms with E-state index in [0.29, 0.717) is 0 Å². The highest BCUT2D eigenvalue weighted by atomic mass is 32.1. The van der Waals surface area contributed by atoms with E-state index in [2.05, 4.69) is 249 Å². The zero-order valence-electron chi connectivity index (χ0n) is 65.6. The van der Waals surface area contributed by atoms with Crippen LogP contribution in [0, 0.1) is 119 Å². The van der Waals surface area contributed by atoms with Crippen LogP contribution in [0.1, 0.15) is 235 Å². The third-order valence-corrected chi connectivity index (χ3v) is 26.4. The lowest BCUT2D eigenvalue weighted by Gasteiger charge is -2.41. The number of hydrogen-bond acceptors (Lipinski definition) is 6. The summed E-state index contributed by atoms with van der Waals surface area (Å²) < 4.78 is 2.84. The van der Waals surface area contributed by atoms with E-state index in [1.54, 1.807) is 45.3 Å². The number of nitriles is 2. The molecule has 530 valence electrons. The molecule has 0 saturated heterocycles. The summed E-state index contributed by atoms with van der Waals surface area (Å²) in [4.78, 5) is 9.34. The Morgan fingerprint density at radius 2 is 0.490 bits per heavy atom. The lowest BCUT2D eigenvalue weighted by Crippen LogP contribution is -2.69. The molecule has 0 saturated carbocycles.